The zero-order valence-electron chi connectivity index (χ0n) is 63.1. The lowest BCUT2D eigenvalue weighted by molar-refractivity contribution is 0.282. The van der Waals surface area contributed by atoms with E-state index in [1.54, 1.807) is 18.2 Å². The van der Waals surface area contributed by atoms with Crippen molar-refractivity contribution in [1.29, 1.82) is 0 Å². The molecule has 12 nitrogen and oxygen atoms in total. The Bertz CT molecular complexity index is 6630. The first kappa shape index (κ1) is 72.9. The third-order valence-electron chi connectivity index (χ3n) is 20.2. The Hall–Kier alpha value is -15.0. The predicted molar refractivity (Wildman–Crippen MR) is 467 cm³/mol. The van der Waals surface area contributed by atoms with E-state index in [0.29, 0.717) is 13.2 Å². The summed E-state index contributed by atoms with van der Waals surface area (Å²) >= 11 is 0. The van der Waals surface area contributed by atoms with Crippen LogP contribution in [0.3, 0.4) is 0 Å². The van der Waals surface area contributed by atoms with Gasteiger partial charge in [-0.15, -0.1) is 0 Å². The van der Waals surface area contributed by atoms with Crippen LogP contribution in [0.25, 0.3) is 179 Å². The Labute approximate surface area is 665 Å². The molecule has 0 aliphatic carbocycles. The summed E-state index contributed by atoms with van der Waals surface area (Å²) in [6, 6.07) is 113. The molecule has 0 amide bonds. The fraction of sp³-hybridized carbons (Fsp3) is 0.0485. The van der Waals surface area contributed by atoms with Crippen molar-refractivity contribution in [1.82, 2.24) is 19.9 Å². The van der Waals surface area contributed by atoms with Crippen molar-refractivity contribution in [3.05, 3.63) is 383 Å². The van der Waals surface area contributed by atoms with Gasteiger partial charge in [0.15, 0.2) is 0 Å². The van der Waals surface area contributed by atoms with Crippen LogP contribution in [0.1, 0.15) is 18.9 Å². The summed E-state index contributed by atoms with van der Waals surface area (Å²) in [7, 11) is 0. The number of aromatic hydroxyl groups is 1. The van der Waals surface area contributed by atoms with Gasteiger partial charge in [-0.1, -0.05) is 268 Å². The van der Waals surface area contributed by atoms with Gasteiger partial charge in [-0.3, -0.25) is 0 Å². The number of rotatable bonds is 19. The number of phenols is 1. The molecule has 0 saturated carbocycles. The summed E-state index contributed by atoms with van der Waals surface area (Å²) in [5, 5.41) is 23.8. The summed E-state index contributed by atoms with van der Waals surface area (Å²) in [5.74, 6) is 8.69. The van der Waals surface area contributed by atoms with Gasteiger partial charge in [0.1, 0.15) is 69.9 Å². The molecule has 12 heteroatoms. The lowest BCUT2D eigenvalue weighted by Gasteiger charge is -2.06. The Morgan fingerprint density at radius 2 is 0.583 bits per heavy atom. The van der Waals surface area contributed by atoms with Gasteiger partial charge in [-0.25, -0.2) is 0 Å². The average molecular weight is 1500 g/mol. The highest BCUT2D eigenvalue weighted by molar-refractivity contribution is 6.04. The highest BCUT2D eigenvalue weighted by atomic mass is 16.5. The zero-order valence-corrected chi connectivity index (χ0v) is 63.1. The fourth-order valence-corrected chi connectivity index (χ4v) is 14.6. The van der Waals surface area contributed by atoms with Crippen LogP contribution in [0.4, 0.5) is 0 Å². The van der Waals surface area contributed by atoms with Gasteiger partial charge >= 0.3 is 0 Å². The molecule has 0 spiro atoms. The molecule has 20 aromatic rings. The molecule has 560 valence electrons. The number of H-pyrrole nitrogens is 4. The second-order valence-corrected chi connectivity index (χ2v) is 27.8. The lowest BCUT2D eigenvalue weighted by Crippen LogP contribution is -1.94. The van der Waals surface area contributed by atoms with E-state index in [-0.39, 0.29) is 12.4 Å². The number of phenolic OH excluding ortho intramolecular Hbond substituents is 1. The summed E-state index contributed by atoms with van der Waals surface area (Å²) in [4.78, 5) is 13.4. The zero-order chi connectivity index (χ0) is 77.8. The van der Waals surface area contributed by atoms with E-state index in [9.17, 15) is 10.2 Å². The predicted octanol–water partition coefficient (Wildman–Crippen LogP) is 27.6. The third-order valence-corrected chi connectivity index (χ3v) is 20.2. The van der Waals surface area contributed by atoms with Crippen molar-refractivity contribution in [2.24, 2.45) is 0 Å². The van der Waals surface area contributed by atoms with Crippen molar-refractivity contribution in [3.8, 4) is 152 Å². The first-order chi connectivity index (χ1) is 56.8. The van der Waals surface area contributed by atoms with Crippen LogP contribution in [0, 0.1) is 0 Å². The molecule has 6 N–H and O–H groups in total. The van der Waals surface area contributed by atoms with Crippen LogP contribution in [-0.2, 0) is 6.61 Å². The van der Waals surface area contributed by atoms with Crippen LogP contribution < -0.4 is 9.47 Å². The number of hydrogen-bond donors (Lipinski definition) is 6. The maximum Gasteiger partial charge on any atom is 0.142 e. The molecule has 115 heavy (non-hydrogen) atoms. The Balaban J connectivity index is 0.000000111. The second-order valence-electron chi connectivity index (χ2n) is 27.8. The minimum atomic E-state index is 0.0206. The Morgan fingerprint density at radius 1 is 0.304 bits per heavy atom. The Morgan fingerprint density at radius 3 is 0.887 bits per heavy atom. The summed E-state index contributed by atoms with van der Waals surface area (Å²) < 4.78 is 37.1. The van der Waals surface area contributed by atoms with Gasteiger partial charge in [-0.05, 0) is 103 Å². The van der Waals surface area contributed by atoms with Crippen LogP contribution in [-0.4, -0.2) is 43.4 Å². The van der Waals surface area contributed by atoms with Crippen LogP contribution in [0.15, 0.2) is 395 Å². The Kier molecular flexibility index (Phi) is 21.4. The number of aromatic amines is 4. The molecule has 0 unspecified atom stereocenters. The van der Waals surface area contributed by atoms with Gasteiger partial charge < -0.3 is 57.3 Å². The highest BCUT2D eigenvalue weighted by Gasteiger charge is 2.25. The number of nitrogens with one attached hydrogen (secondary N) is 4. The van der Waals surface area contributed by atoms with Crippen LogP contribution >= 0.6 is 0 Å². The maximum absolute atomic E-state index is 9.95. The number of fused-ring (bicyclic) bond motifs is 4. The van der Waals surface area contributed by atoms with E-state index in [1.165, 1.54) is 0 Å². The van der Waals surface area contributed by atoms with E-state index in [0.717, 1.165) is 202 Å². The van der Waals surface area contributed by atoms with Gasteiger partial charge in [0.05, 0.1) is 13.2 Å². The molecule has 0 aliphatic rings. The molecular formula is C103H80N4O8. The first-order valence-corrected chi connectivity index (χ1v) is 38.4. The van der Waals surface area contributed by atoms with Gasteiger partial charge in [-0.2, -0.15) is 0 Å². The number of benzene rings is 12. The molecule has 0 fully saturated rings. The van der Waals surface area contributed by atoms with Crippen molar-refractivity contribution < 1.29 is 37.4 Å². The number of aromatic nitrogens is 4. The van der Waals surface area contributed by atoms with E-state index < -0.39 is 0 Å². The standard InChI is InChI=1S/C27H23NO2.C27H21NO2.C25H19NO2.C24H17NO2/c2*1-2-15-29-21-13-14-25-22(16-21)24(18-28-25)23-17-26(19-9-5-3-6-10-19)30-27(23)20-11-7-4-8-12-20;27-16-17-11-12-23-20(13-17)22(15-26-23)21-14-24(18-7-3-1-4-8-18)28-25(21)19-9-5-2-6-10-19;26-18-11-12-22-19(13-18)21(15-25-22)20-14-23(16-7-3-1-4-8-16)27-24(20)17-9-5-2-6-10-17/h3-14,16-18,28H,2,15H2,1H3;2-14,16-18,28H,1,15H2;1-15,26-27H,16H2;1-15,25-26H. The van der Waals surface area contributed by atoms with E-state index in [1.807, 2.05) is 231 Å². The molecule has 0 saturated heterocycles. The quantitative estimate of drug-likeness (QED) is 0.0434. The molecule has 8 heterocycles. The molecule has 0 atom stereocenters. The number of hydrogen-bond acceptors (Lipinski definition) is 8. The van der Waals surface area contributed by atoms with Crippen molar-refractivity contribution in [2.45, 2.75) is 20.0 Å². The molecule has 8 aromatic heterocycles. The van der Waals surface area contributed by atoms with Gasteiger partial charge in [0.2, 0.25) is 0 Å². The largest absolute Gasteiger partial charge is 0.508 e. The number of aliphatic hydroxyl groups is 1. The number of ether oxygens (including phenoxy) is 2. The lowest BCUT2D eigenvalue weighted by atomic mass is 10.00. The summed E-state index contributed by atoms with van der Waals surface area (Å²) in [6.45, 7) is 7.05. The molecule has 20 rings (SSSR count). The molecule has 12 aromatic carbocycles. The topological polar surface area (TPSA) is 175 Å². The third kappa shape index (κ3) is 15.8. The minimum absolute atomic E-state index is 0.0206. The van der Waals surface area contributed by atoms with Gasteiger partial charge in [0.25, 0.3) is 0 Å². The molecule has 0 aliphatic heterocycles. The van der Waals surface area contributed by atoms with Crippen molar-refractivity contribution in [2.75, 3.05) is 13.2 Å². The number of furan rings is 4. The second kappa shape index (κ2) is 33.7. The van der Waals surface area contributed by atoms with E-state index >= 15 is 0 Å². The van der Waals surface area contributed by atoms with Crippen LogP contribution in [0.2, 0.25) is 0 Å². The normalized spacial score (nSPS) is 11.1. The first-order valence-electron chi connectivity index (χ1n) is 38.4. The average Bonchev–Trinajstić information content (AvgIpc) is 1.64. The van der Waals surface area contributed by atoms with E-state index in [4.69, 9.17) is 27.1 Å². The molecule has 0 bridgehead atoms. The monoisotopic (exact) mass is 1500 g/mol. The SMILES string of the molecule is C=CCOc1ccc2[nH]cc(-c3cc(-c4ccccc4)oc3-c3ccccc3)c2c1.CCCOc1ccc2[nH]cc(-c3cc(-c4ccccc4)oc3-c3ccccc3)c2c1.OCc1ccc2[nH]cc(-c3cc(-c4ccccc4)oc3-c3ccccc3)c2c1.Oc1ccc2[nH]cc(-c3cc(-c4ccccc4)oc3-c3ccccc3)c2c1. The van der Waals surface area contributed by atoms with Crippen molar-refractivity contribution >= 4 is 43.6 Å². The van der Waals surface area contributed by atoms with Crippen LogP contribution in [0.5, 0.6) is 17.2 Å². The molecule has 0 radical (unpaired) electrons. The maximum atomic E-state index is 9.95. The fourth-order valence-electron chi connectivity index (χ4n) is 14.6. The van der Waals surface area contributed by atoms with Crippen molar-refractivity contribution in [3.63, 3.8) is 0 Å². The molecular weight excluding hydrogens is 1420 g/mol. The summed E-state index contributed by atoms with van der Waals surface area (Å²) in [6.07, 6.45) is 10.8. The van der Waals surface area contributed by atoms with E-state index in [2.05, 4.69) is 155 Å². The number of aliphatic hydroxyl groups excluding tert-OH is 1. The minimum Gasteiger partial charge on any atom is -0.508 e. The smallest absolute Gasteiger partial charge is 0.142 e. The summed E-state index contributed by atoms with van der Waals surface area (Å²) in [5.41, 5.74) is 21.8. The van der Waals surface area contributed by atoms with Gasteiger partial charge in [0, 0.05) is 157 Å². The highest BCUT2D eigenvalue weighted by Crippen LogP contribution is 2.47.